The molecule has 2 amide bonds. The van der Waals surface area contributed by atoms with Crippen LogP contribution in [0.3, 0.4) is 0 Å². The minimum Gasteiger partial charge on any atom is -0.338 e. The molecule has 0 saturated heterocycles. The van der Waals surface area contributed by atoms with E-state index < -0.39 is 9.84 Å². The number of sulfone groups is 1. The topological polar surface area (TPSA) is 66.5 Å². The second-order valence-electron chi connectivity index (χ2n) is 6.95. The Morgan fingerprint density at radius 2 is 2.00 bits per heavy atom. The van der Waals surface area contributed by atoms with E-state index in [4.69, 9.17) is 0 Å². The van der Waals surface area contributed by atoms with E-state index in [1.165, 1.54) is 25.7 Å². The number of urea groups is 1. The van der Waals surface area contributed by atoms with Gasteiger partial charge in [0.2, 0.25) is 0 Å². The van der Waals surface area contributed by atoms with Crippen molar-refractivity contribution < 1.29 is 13.2 Å². The highest BCUT2D eigenvalue weighted by atomic mass is 32.2. The summed E-state index contributed by atoms with van der Waals surface area (Å²) in [5.41, 5.74) is 0. The van der Waals surface area contributed by atoms with Crippen LogP contribution in [0.15, 0.2) is 0 Å². The van der Waals surface area contributed by atoms with E-state index in [-0.39, 0.29) is 23.6 Å². The maximum absolute atomic E-state index is 12.4. The average molecular weight is 330 g/mol. The first-order chi connectivity index (χ1) is 10.4. The monoisotopic (exact) mass is 330 g/mol. The molecule has 2 aliphatic rings. The summed E-state index contributed by atoms with van der Waals surface area (Å²) in [4.78, 5) is 14.0. The zero-order chi connectivity index (χ0) is 16.3. The average Bonchev–Trinajstić information content (AvgIpc) is 3.07. The normalized spacial score (nSPS) is 28.6. The molecule has 0 aromatic carbocycles. The van der Waals surface area contributed by atoms with Crippen molar-refractivity contribution >= 4 is 15.9 Å². The van der Waals surface area contributed by atoms with Crippen molar-refractivity contribution in [1.82, 2.24) is 10.2 Å². The van der Waals surface area contributed by atoms with Gasteiger partial charge in [0.1, 0.15) is 0 Å². The van der Waals surface area contributed by atoms with Crippen LogP contribution in [-0.4, -0.2) is 50.0 Å². The Hall–Kier alpha value is -0.780. The van der Waals surface area contributed by atoms with Crippen molar-refractivity contribution in [3.8, 4) is 0 Å². The summed E-state index contributed by atoms with van der Waals surface area (Å²) in [6.07, 6.45) is 5.26. The number of fused-ring (bicyclic) bond motifs is 2. The highest BCUT2D eigenvalue weighted by Gasteiger charge is 2.39. The Morgan fingerprint density at radius 1 is 1.27 bits per heavy atom. The Balaban J connectivity index is 1.83. The van der Waals surface area contributed by atoms with Crippen LogP contribution in [-0.2, 0) is 9.84 Å². The molecule has 0 spiro atoms. The molecule has 0 unspecified atom stereocenters. The van der Waals surface area contributed by atoms with Gasteiger partial charge in [-0.15, -0.1) is 0 Å². The maximum Gasteiger partial charge on any atom is 0.317 e. The van der Waals surface area contributed by atoms with Crippen LogP contribution in [0.2, 0.25) is 0 Å². The quantitative estimate of drug-likeness (QED) is 0.779. The standard InChI is InChI=1S/C16H30N2O3S/c1-4-18(12(3)11-22(20,21)5-2)16(19)17-10-15-9-13-6-7-14(15)8-13/h12-15H,4-11H2,1-3H3,(H,17,19)/t12-,13+,14+,15-/m1/s1. The van der Waals surface area contributed by atoms with Crippen molar-refractivity contribution in [2.75, 3.05) is 24.6 Å². The lowest BCUT2D eigenvalue weighted by molar-refractivity contribution is 0.183. The number of nitrogens with zero attached hydrogens (tertiary/aromatic N) is 1. The van der Waals surface area contributed by atoms with Gasteiger partial charge in [0.05, 0.1) is 5.75 Å². The van der Waals surface area contributed by atoms with E-state index in [1.807, 2.05) is 13.8 Å². The van der Waals surface area contributed by atoms with Crippen LogP contribution in [0.4, 0.5) is 4.79 Å². The fraction of sp³-hybridized carbons (Fsp3) is 0.938. The molecule has 22 heavy (non-hydrogen) atoms. The molecule has 2 bridgehead atoms. The third-order valence-electron chi connectivity index (χ3n) is 5.47. The molecule has 0 radical (unpaired) electrons. The molecule has 0 aromatic heterocycles. The van der Waals surface area contributed by atoms with Gasteiger partial charge in [-0.1, -0.05) is 13.3 Å². The summed E-state index contributed by atoms with van der Waals surface area (Å²) in [6, 6.07) is -0.404. The minimum atomic E-state index is -3.07. The Morgan fingerprint density at radius 3 is 2.50 bits per heavy atom. The Kier molecular flexibility index (Phi) is 5.75. The molecule has 6 heteroatoms. The van der Waals surface area contributed by atoms with E-state index in [2.05, 4.69) is 5.32 Å². The first-order valence-corrected chi connectivity index (χ1v) is 10.4. The van der Waals surface area contributed by atoms with E-state index in [0.29, 0.717) is 12.5 Å². The van der Waals surface area contributed by atoms with Gasteiger partial charge >= 0.3 is 6.03 Å². The number of hydrogen-bond donors (Lipinski definition) is 1. The molecule has 5 nitrogen and oxygen atoms in total. The number of amides is 2. The Labute approximate surface area is 134 Å². The second-order valence-corrected chi connectivity index (χ2v) is 9.35. The summed E-state index contributed by atoms with van der Waals surface area (Å²) in [7, 11) is -3.07. The number of rotatable bonds is 7. The van der Waals surface area contributed by atoms with Crippen LogP contribution < -0.4 is 5.32 Å². The van der Waals surface area contributed by atoms with Crippen molar-refractivity contribution in [2.45, 2.75) is 52.5 Å². The van der Waals surface area contributed by atoms with Crippen molar-refractivity contribution in [1.29, 1.82) is 0 Å². The number of nitrogens with one attached hydrogen (secondary N) is 1. The molecule has 4 atom stereocenters. The van der Waals surface area contributed by atoms with E-state index >= 15 is 0 Å². The van der Waals surface area contributed by atoms with Gasteiger partial charge in [-0.05, 0) is 50.9 Å². The SMILES string of the molecule is CCN(C(=O)NC[C@H]1C[C@H]2CC[C@H]1C2)[C@H](C)CS(=O)(=O)CC. The maximum atomic E-state index is 12.4. The van der Waals surface area contributed by atoms with Crippen LogP contribution in [0.1, 0.15) is 46.5 Å². The van der Waals surface area contributed by atoms with E-state index in [1.54, 1.807) is 11.8 Å². The number of carbonyl (C=O) groups excluding carboxylic acids is 1. The fourth-order valence-electron chi connectivity index (χ4n) is 4.18. The Bertz CT molecular complexity index is 492. The van der Waals surface area contributed by atoms with Gasteiger partial charge in [0.15, 0.2) is 9.84 Å². The van der Waals surface area contributed by atoms with Gasteiger partial charge < -0.3 is 10.2 Å². The minimum absolute atomic E-state index is 0.0406. The van der Waals surface area contributed by atoms with E-state index in [0.717, 1.165) is 18.4 Å². The molecular formula is C16H30N2O3S. The molecule has 0 aliphatic heterocycles. The molecular weight excluding hydrogens is 300 g/mol. The number of carbonyl (C=O) groups is 1. The van der Waals surface area contributed by atoms with Crippen molar-refractivity contribution in [2.24, 2.45) is 17.8 Å². The summed E-state index contributed by atoms with van der Waals surface area (Å²) < 4.78 is 23.5. The van der Waals surface area contributed by atoms with Crippen molar-refractivity contribution in [3.63, 3.8) is 0 Å². The first-order valence-electron chi connectivity index (χ1n) is 8.61. The summed E-state index contributed by atoms with van der Waals surface area (Å²) >= 11 is 0. The molecule has 1 N–H and O–H groups in total. The lowest BCUT2D eigenvalue weighted by atomic mass is 9.89. The predicted molar refractivity (Wildman–Crippen MR) is 88.5 cm³/mol. The van der Waals surface area contributed by atoms with Crippen LogP contribution >= 0.6 is 0 Å². The summed E-state index contributed by atoms with van der Waals surface area (Å²) in [5, 5.41) is 3.04. The molecule has 2 fully saturated rings. The first kappa shape index (κ1) is 17.6. The highest BCUT2D eigenvalue weighted by molar-refractivity contribution is 7.91. The van der Waals surface area contributed by atoms with Crippen LogP contribution in [0, 0.1) is 17.8 Å². The zero-order valence-corrected chi connectivity index (χ0v) is 14.9. The van der Waals surface area contributed by atoms with Gasteiger partial charge in [0.25, 0.3) is 0 Å². The summed E-state index contributed by atoms with van der Waals surface area (Å²) in [5.74, 6) is 2.46. The molecule has 0 heterocycles. The zero-order valence-electron chi connectivity index (χ0n) is 14.0. The smallest absolute Gasteiger partial charge is 0.317 e. The van der Waals surface area contributed by atoms with Gasteiger partial charge in [-0.2, -0.15) is 0 Å². The third-order valence-corrected chi connectivity index (χ3v) is 7.34. The van der Waals surface area contributed by atoms with Crippen LogP contribution in [0.25, 0.3) is 0 Å². The predicted octanol–water partition coefficient (Wildman–Crippen LogP) is 2.28. The van der Waals surface area contributed by atoms with Gasteiger partial charge in [-0.25, -0.2) is 13.2 Å². The van der Waals surface area contributed by atoms with Gasteiger partial charge in [-0.3, -0.25) is 0 Å². The third kappa shape index (κ3) is 4.15. The van der Waals surface area contributed by atoms with E-state index in [9.17, 15) is 13.2 Å². The van der Waals surface area contributed by atoms with Crippen molar-refractivity contribution in [3.05, 3.63) is 0 Å². The lowest BCUT2D eigenvalue weighted by Crippen LogP contribution is -2.48. The highest BCUT2D eigenvalue weighted by Crippen LogP contribution is 2.47. The number of hydrogen-bond acceptors (Lipinski definition) is 3. The fourth-order valence-corrected chi connectivity index (χ4v) is 5.33. The molecule has 2 rings (SSSR count). The lowest BCUT2D eigenvalue weighted by Gasteiger charge is -2.29. The second kappa shape index (κ2) is 7.20. The van der Waals surface area contributed by atoms with Gasteiger partial charge in [0, 0.05) is 24.9 Å². The largest absolute Gasteiger partial charge is 0.338 e. The molecule has 128 valence electrons. The van der Waals surface area contributed by atoms with Crippen LogP contribution in [0.5, 0.6) is 0 Å². The summed E-state index contributed by atoms with van der Waals surface area (Å²) in [6.45, 7) is 6.63. The molecule has 0 aromatic rings. The molecule has 2 saturated carbocycles. The molecule has 2 aliphatic carbocycles.